The molecule has 1 aliphatic rings. The number of hydrogen-bond donors (Lipinski definition) is 1. The molecule has 0 bridgehead atoms. The minimum atomic E-state index is -0.0969. The van der Waals surface area contributed by atoms with Crippen molar-refractivity contribution in [2.24, 2.45) is 5.92 Å². The molecule has 1 atom stereocenters. The van der Waals surface area contributed by atoms with Crippen LogP contribution in [0.1, 0.15) is 49.4 Å². The Labute approximate surface area is 173 Å². The zero-order valence-electron chi connectivity index (χ0n) is 17.8. The average Bonchev–Trinajstić information content (AvgIpc) is 2.93. The maximum absolute atomic E-state index is 12.6. The molecule has 0 spiro atoms. The predicted molar refractivity (Wildman–Crippen MR) is 114 cm³/mol. The lowest BCUT2D eigenvalue weighted by molar-refractivity contribution is -0.122. The first-order chi connectivity index (χ1) is 13.9. The number of aryl methyl sites for hydroxylation is 2. The Morgan fingerprint density at radius 2 is 1.83 bits per heavy atom. The molecule has 0 saturated heterocycles. The van der Waals surface area contributed by atoms with Crippen LogP contribution in [0.15, 0.2) is 36.4 Å². The first-order valence-corrected chi connectivity index (χ1v) is 10.3. The van der Waals surface area contributed by atoms with Crippen LogP contribution in [-0.2, 0) is 4.79 Å². The lowest BCUT2D eigenvalue weighted by atomic mass is 9.95. The Kier molecular flexibility index (Phi) is 7.02. The topological polar surface area (TPSA) is 56.8 Å². The van der Waals surface area contributed by atoms with Crippen molar-refractivity contribution in [3.63, 3.8) is 0 Å². The predicted octanol–water partition coefficient (Wildman–Crippen LogP) is 4.75. The highest BCUT2D eigenvalue weighted by Gasteiger charge is 2.21. The highest BCUT2D eigenvalue weighted by molar-refractivity contribution is 5.76. The van der Waals surface area contributed by atoms with Gasteiger partial charge in [-0.15, -0.1) is 0 Å². The van der Waals surface area contributed by atoms with Crippen LogP contribution in [0.25, 0.3) is 0 Å². The number of carbonyl (C=O) groups excluding carboxylic acids is 1. The maximum Gasteiger partial charge on any atom is 0.223 e. The van der Waals surface area contributed by atoms with Gasteiger partial charge in [-0.05, 0) is 54.7 Å². The average molecular weight is 398 g/mol. The van der Waals surface area contributed by atoms with E-state index >= 15 is 0 Å². The van der Waals surface area contributed by atoms with Crippen molar-refractivity contribution in [1.82, 2.24) is 5.32 Å². The molecule has 0 saturated carbocycles. The van der Waals surface area contributed by atoms with E-state index in [1.165, 1.54) is 0 Å². The summed E-state index contributed by atoms with van der Waals surface area (Å²) in [6.45, 7) is 9.89. The Hall–Kier alpha value is -2.69. The molecule has 2 aromatic rings. The summed E-state index contributed by atoms with van der Waals surface area (Å²) in [6.07, 6.45) is 1.18. The summed E-state index contributed by atoms with van der Waals surface area (Å²) in [4.78, 5) is 12.6. The van der Waals surface area contributed by atoms with E-state index < -0.39 is 0 Å². The van der Waals surface area contributed by atoms with Gasteiger partial charge >= 0.3 is 0 Å². The van der Waals surface area contributed by atoms with E-state index in [-0.39, 0.29) is 17.9 Å². The van der Waals surface area contributed by atoms with Crippen molar-refractivity contribution in [3.05, 3.63) is 53.1 Å². The summed E-state index contributed by atoms with van der Waals surface area (Å²) >= 11 is 0. The highest BCUT2D eigenvalue weighted by Crippen LogP contribution is 2.34. The number of fused-ring (bicyclic) bond motifs is 1. The molecule has 1 aliphatic heterocycles. The van der Waals surface area contributed by atoms with E-state index in [0.717, 1.165) is 40.4 Å². The quantitative estimate of drug-likeness (QED) is 0.733. The summed E-state index contributed by atoms with van der Waals surface area (Å²) in [6, 6.07) is 11.9. The molecule has 29 heavy (non-hydrogen) atoms. The number of rotatable bonds is 7. The maximum atomic E-state index is 12.6. The molecule has 0 fully saturated rings. The molecule has 1 heterocycles. The van der Waals surface area contributed by atoms with Gasteiger partial charge in [-0.1, -0.05) is 32.0 Å². The second kappa shape index (κ2) is 9.68. The molecule has 1 N–H and O–H groups in total. The lowest BCUT2D eigenvalue weighted by Crippen LogP contribution is -2.32. The number of nitrogens with one attached hydrogen (secondary N) is 1. The van der Waals surface area contributed by atoms with Crippen molar-refractivity contribution in [1.29, 1.82) is 0 Å². The highest BCUT2D eigenvalue weighted by atomic mass is 16.5. The Balaban J connectivity index is 1.61. The zero-order chi connectivity index (χ0) is 20.8. The van der Waals surface area contributed by atoms with E-state index in [4.69, 9.17) is 14.2 Å². The molecule has 2 aromatic carbocycles. The van der Waals surface area contributed by atoms with Crippen LogP contribution in [0, 0.1) is 19.8 Å². The van der Waals surface area contributed by atoms with Crippen molar-refractivity contribution >= 4 is 5.91 Å². The molecule has 3 rings (SSSR count). The van der Waals surface area contributed by atoms with Gasteiger partial charge in [0.2, 0.25) is 5.91 Å². The molecule has 0 aromatic heterocycles. The van der Waals surface area contributed by atoms with Crippen LogP contribution in [0.2, 0.25) is 0 Å². The molecule has 0 unspecified atom stereocenters. The van der Waals surface area contributed by atoms with Crippen molar-refractivity contribution in [2.45, 2.75) is 46.6 Å². The number of hydrogen-bond acceptors (Lipinski definition) is 4. The molecule has 0 aliphatic carbocycles. The third kappa shape index (κ3) is 5.66. The minimum absolute atomic E-state index is 0.0267. The summed E-state index contributed by atoms with van der Waals surface area (Å²) in [7, 11) is 0. The van der Waals surface area contributed by atoms with Crippen molar-refractivity contribution in [3.8, 4) is 17.2 Å². The fourth-order valence-electron chi connectivity index (χ4n) is 3.37. The number of benzene rings is 2. The normalized spacial score (nSPS) is 14.2. The van der Waals surface area contributed by atoms with Crippen LogP contribution in [-0.4, -0.2) is 25.7 Å². The van der Waals surface area contributed by atoms with E-state index in [2.05, 4.69) is 25.2 Å². The number of amides is 1. The molecule has 5 heteroatoms. The van der Waals surface area contributed by atoms with Gasteiger partial charge in [0.05, 0.1) is 32.3 Å². The molecule has 0 radical (unpaired) electrons. The Morgan fingerprint density at radius 1 is 1.07 bits per heavy atom. The van der Waals surface area contributed by atoms with Crippen LogP contribution in [0.5, 0.6) is 17.2 Å². The summed E-state index contributed by atoms with van der Waals surface area (Å²) in [5.41, 5.74) is 3.24. The third-order valence-electron chi connectivity index (χ3n) is 5.04. The van der Waals surface area contributed by atoms with Gasteiger partial charge in [-0.2, -0.15) is 0 Å². The van der Waals surface area contributed by atoms with Gasteiger partial charge < -0.3 is 19.5 Å². The molecular weight excluding hydrogens is 366 g/mol. The molecule has 5 nitrogen and oxygen atoms in total. The Morgan fingerprint density at radius 3 is 2.59 bits per heavy atom. The lowest BCUT2D eigenvalue weighted by Gasteiger charge is -2.24. The van der Waals surface area contributed by atoms with Crippen LogP contribution in [0.3, 0.4) is 0 Å². The van der Waals surface area contributed by atoms with Crippen LogP contribution >= 0.6 is 0 Å². The summed E-state index contributed by atoms with van der Waals surface area (Å²) in [5, 5.41) is 3.15. The molecule has 156 valence electrons. The first kappa shape index (κ1) is 21.0. The summed E-state index contributed by atoms with van der Waals surface area (Å²) in [5.74, 6) is 2.56. The van der Waals surface area contributed by atoms with Gasteiger partial charge in [0.15, 0.2) is 11.5 Å². The molecular formula is C24H31NO4. The van der Waals surface area contributed by atoms with E-state index in [1.54, 1.807) is 0 Å². The van der Waals surface area contributed by atoms with E-state index in [1.807, 2.05) is 44.2 Å². The third-order valence-corrected chi connectivity index (χ3v) is 5.04. The van der Waals surface area contributed by atoms with Gasteiger partial charge in [0.25, 0.3) is 0 Å². The fourth-order valence-corrected chi connectivity index (χ4v) is 3.37. The van der Waals surface area contributed by atoms with Gasteiger partial charge in [0.1, 0.15) is 5.75 Å². The SMILES string of the molecule is Cc1ccc(C)c(OCCC(=O)N[C@H](c2ccc3c(c2)OCCCO3)C(C)C)c1. The number of ether oxygens (including phenoxy) is 3. The fraction of sp³-hybridized carbons (Fsp3) is 0.458. The Bertz CT molecular complexity index is 847. The van der Waals surface area contributed by atoms with Crippen molar-refractivity contribution < 1.29 is 19.0 Å². The second-order valence-corrected chi connectivity index (χ2v) is 7.91. The van der Waals surface area contributed by atoms with Gasteiger partial charge in [0, 0.05) is 6.42 Å². The van der Waals surface area contributed by atoms with Gasteiger partial charge in [-0.25, -0.2) is 0 Å². The summed E-state index contributed by atoms with van der Waals surface area (Å²) < 4.78 is 17.3. The monoisotopic (exact) mass is 397 g/mol. The van der Waals surface area contributed by atoms with Gasteiger partial charge in [-0.3, -0.25) is 4.79 Å². The van der Waals surface area contributed by atoms with Crippen LogP contribution < -0.4 is 19.5 Å². The van der Waals surface area contributed by atoms with Crippen molar-refractivity contribution in [2.75, 3.05) is 19.8 Å². The number of carbonyl (C=O) groups is 1. The first-order valence-electron chi connectivity index (χ1n) is 10.3. The zero-order valence-corrected chi connectivity index (χ0v) is 17.8. The smallest absolute Gasteiger partial charge is 0.223 e. The largest absolute Gasteiger partial charge is 0.493 e. The van der Waals surface area contributed by atoms with Crippen LogP contribution in [0.4, 0.5) is 0 Å². The molecule has 1 amide bonds. The second-order valence-electron chi connectivity index (χ2n) is 7.91. The van der Waals surface area contributed by atoms with E-state index in [9.17, 15) is 4.79 Å². The minimum Gasteiger partial charge on any atom is -0.493 e. The standard InChI is InChI=1S/C24H31NO4/c1-16(2)24(19-8-9-20-22(15-19)28-12-5-11-27-20)25-23(26)10-13-29-21-14-17(3)6-7-18(21)4/h6-9,14-16,24H,5,10-13H2,1-4H3,(H,25,26)/t24-/m0/s1. The van der Waals surface area contributed by atoms with E-state index in [0.29, 0.717) is 26.2 Å².